The van der Waals surface area contributed by atoms with Crippen molar-refractivity contribution in [3.63, 3.8) is 0 Å². The number of carbonyl (C=O) groups excluding carboxylic acids is 1. The molecule has 0 aliphatic rings. The Morgan fingerprint density at radius 3 is 2.95 bits per heavy atom. The lowest BCUT2D eigenvalue weighted by molar-refractivity contribution is 0.102. The van der Waals surface area contributed by atoms with Crippen LogP contribution >= 0.6 is 11.6 Å². The predicted molar refractivity (Wildman–Crippen MR) is 75.5 cm³/mol. The number of carbonyl (C=O) groups is 1. The van der Waals surface area contributed by atoms with Gasteiger partial charge in [0, 0.05) is 28.9 Å². The van der Waals surface area contributed by atoms with E-state index >= 15 is 0 Å². The molecule has 19 heavy (non-hydrogen) atoms. The van der Waals surface area contributed by atoms with E-state index in [-0.39, 0.29) is 11.1 Å². The Kier molecular flexibility index (Phi) is 2.93. The van der Waals surface area contributed by atoms with Crippen molar-refractivity contribution in [3.05, 3.63) is 59.5 Å². The second kappa shape index (κ2) is 4.74. The minimum atomic E-state index is -0.208. The van der Waals surface area contributed by atoms with Crippen molar-refractivity contribution in [2.45, 2.75) is 0 Å². The molecule has 94 valence electrons. The van der Waals surface area contributed by atoms with Crippen LogP contribution in [0.5, 0.6) is 0 Å². The molecule has 3 aromatic rings. The van der Waals surface area contributed by atoms with Crippen molar-refractivity contribution in [1.82, 2.24) is 9.97 Å². The van der Waals surface area contributed by atoms with Gasteiger partial charge in [-0.2, -0.15) is 0 Å². The molecule has 0 aliphatic heterocycles. The number of halogens is 1. The normalized spacial score (nSPS) is 10.6. The molecule has 4 nitrogen and oxygen atoms in total. The number of aromatic nitrogens is 2. The highest BCUT2D eigenvalue weighted by atomic mass is 35.5. The van der Waals surface area contributed by atoms with Crippen LogP contribution in [0.1, 0.15) is 10.4 Å². The van der Waals surface area contributed by atoms with Crippen molar-refractivity contribution in [2.24, 2.45) is 0 Å². The topological polar surface area (TPSA) is 57.8 Å². The van der Waals surface area contributed by atoms with Crippen molar-refractivity contribution in [3.8, 4) is 0 Å². The number of hydrogen-bond donors (Lipinski definition) is 2. The number of rotatable bonds is 2. The molecule has 1 aromatic carbocycles. The Morgan fingerprint density at radius 2 is 2.11 bits per heavy atom. The van der Waals surface area contributed by atoms with Gasteiger partial charge in [-0.3, -0.25) is 4.79 Å². The molecule has 2 aromatic heterocycles. The number of aromatic amines is 1. The molecule has 2 heterocycles. The Hall–Kier alpha value is -2.33. The first-order valence-electron chi connectivity index (χ1n) is 5.73. The van der Waals surface area contributed by atoms with E-state index in [1.54, 1.807) is 30.6 Å². The minimum Gasteiger partial charge on any atom is -0.361 e. The molecule has 0 saturated carbocycles. The van der Waals surface area contributed by atoms with Gasteiger partial charge in [0.25, 0.3) is 5.91 Å². The van der Waals surface area contributed by atoms with Crippen LogP contribution in [0.15, 0.2) is 48.8 Å². The number of nitrogens with one attached hydrogen (secondary N) is 2. The smallest absolute Gasteiger partial charge is 0.256 e. The van der Waals surface area contributed by atoms with Crippen LogP contribution in [-0.4, -0.2) is 15.9 Å². The molecule has 0 saturated heterocycles. The van der Waals surface area contributed by atoms with Gasteiger partial charge < -0.3 is 10.3 Å². The summed E-state index contributed by atoms with van der Waals surface area (Å²) in [5.41, 5.74) is 2.02. The molecular weight excluding hydrogens is 262 g/mol. The third kappa shape index (κ3) is 2.18. The van der Waals surface area contributed by atoms with Gasteiger partial charge >= 0.3 is 0 Å². The maximum Gasteiger partial charge on any atom is 0.256 e. The van der Waals surface area contributed by atoms with Gasteiger partial charge in [0.2, 0.25) is 0 Å². The third-order valence-electron chi connectivity index (χ3n) is 2.85. The van der Waals surface area contributed by atoms with Gasteiger partial charge in [0.15, 0.2) is 5.15 Å². The summed E-state index contributed by atoms with van der Waals surface area (Å²) in [6.07, 6.45) is 3.38. The van der Waals surface area contributed by atoms with Gasteiger partial charge in [0.1, 0.15) is 0 Å². The van der Waals surface area contributed by atoms with Crippen LogP contribution in [0.3, 0.4) is 0 Å². The largest absolute Gasteiger partial charge is 0.361 e. The number of benzene rings is 1. The van der Waals surface area contributed by atoms with Gasteiger partial charge in [-0.1, -0.05) is 17.7 Å². The standard InChI is InChI=1S/C14H10ClN3O/c15-13-12(5-2-7-17-13)18-14(19)10-3-1-4-11-9(10)6-8-16-11/h1-8,16H,(H,18,19). The fourth-order valence-electron chi connectivity index (χ4n) is 1.95. The van der Waals surface area contributed by atoms with E-state index in [1.807, 2.05) is 18.2 Å². The lowest BCUT2D eigenvalue weighted by Crippen LogP contribution is -2.12. The average molecular weight is 272 g/mol. The van der Waals surface area contributed by atoms with Crippen molar-refractivity contribution < 1.29 is 4.79 Å². The number of nitrogens with zero attached hydrogens (tertiary/aromatic N) is 1. The molecule has 0 aliphatic carbocycles. The minimum absolute atomic E-state index is 0.208. The number of H-pyrrole nitrogens is 1. The zero-order valence-corrected chi connectivity index (χ0v) is 10.6. The van der Waals surface area contributed by atoms with Crippen LogP contribution < -0.4 is 5.32 Å². The van der Waals surface area contributed by atoms with E-state index in [0.29, 0.717) is 11.3 Å². The van der Waals surface area contributed by atoms with Crippen LogP contribution in [0.4, 0.5) is 5.69 Å². The summed E-state index contributed by atoms with van der Waals surface area (Å²) in [7, 11) is 0. The maximum atomic E-state index is 12.3. The van der Waals surface area contributed by atoms with E-state index in [9.17, 15) is 4.79 Å². The predicted octanol–water partition coefficient (Wildman–Crippen LogP) is 3.47. The maximum absolute atomic E-state index is 12.3. The molecular formula is C14H10ClN3O. The summed E-state index contributed by atoms with van der Waals surface area (Å²) in [5, 5.41) is 3.91. The van der Waals surface area contributed by atoms with E-state index in [0.717, 1.165) is 10.9 Å². The van der Waals surface area contributed by atoms with Gasteiger partial charge in [0.05, 0.1) is 5.69 Å². The molecule has 0 bridgehead atoms. The van der Waals surface area contributed by atoms with Crippen molar-refractivity contribution in [1.29, 1.82) is 0 Å². The van der Waals surface area contributed by atoms with E-state index in [4.69, 9.17) is 11.6 Å². The van der Waals surface area contributed by atoms with Crippen molar-refractivity contribution >= 4 is 34.1 Å². The molecule has 3 rings (SSSR count). The van der Waals surface area contributed by atoms with Crippen LogP contribution in [0.2, 0.25) is 5.15 Å². The number of anilines is 1. The summed E-state index contributed by atoms with van der Waals surface area (Å²) in [4.78, 5) is 19.3. The van der Waals surface area contributed by atoms with Crippen LogP contribution in [0.25, 0.3) is 10.9 Å². The average Bonchev–Trinajstić information content (AvgIpc) is 2.89. The fraction of sp³-hybridized carbons (Fsp3) is 0. The van der Waals surface area contributed by atoms with E-state index in [1.165, 1.54) is 0 Å². The van der Waals surface area contributed by atoms with Gasteiger partial charge in [-0.25, -0.2) is 4.98 Å². The summed E-state index contributed by atoms with van der Waals surface area (Å²) >= 11 is 5.92. The molecule has 1 amide bonds. The lowest BCUT2D eigenvalue weighted by atomic mass is 10.1. The Morgan fingerprint density at radius 1 is 1.21 bits per heavy atom. The quantitative estimate of drug-likeness (QED) is 0.701. The first kappa shape index (κ1) is 11.7. The summed E-state index contributed by atoms with van der Waals surface area (Å²) in [6.45, 7) is 0. The summed E-state index contributed by atoms with van der Waals surface area (Å²) in [5.74, 6) is -0.208. The molecule has 0 fully saturated rings. The van der Waals surface area contributed by atoms with E-state index in [2.05, 4.69) is 15.3 Å². The SMILES string of the molecule is O=C(Nc1cccnc1Cl)c1cccc2[nH]ccc12. The van der Waals surface area contributed by atoms with Gasteiger partial charge in [-0.15, -0.1) is 0 Å². The molecule has 0 unspecified atom stereocenters. The number of amides is 1. The van der Waals surface area contributed by atoms with Crippen molar-refractivity contribution in [2.75, 3.05) is 5.32 Å². The zero-order chi connectivity index (χ0) is 13.2. The molecule has 5 heteroatoms. The monoisotopic (exact) mass is 271 g/mol. The number of hydrogen-bond acceptors (Lipinski definition) is 2. The fourth-order valence-corrected chi connectivity index (χ4v) is 2.12. The number of pyridine rings is 1. The summed E-state index contributed by atoms with van der Waals surface area (Å²) in [6, 6.07) is 10.8. The Bertz CT molecular complexity index is 751. The Labute approximate surface area is 114 Å². The third-order valence-corrected chi connectivity index (χ3v) is 3.15. The summed E-state index contributed by atoms with van der Waals surface area (Å²) < 4.78 is 0. The highest BCUT2D eigenvalue weighted by molar-refractivity contribution is 6.32. The molecule has 0 spiro atoms. The second-order valence-electron chi connectivity index (χ2n) is 4.04. The zero-order valence-electron chi connectivity index (χ0n) is 9.85. The van der Waals surface area contributed by atoms with Crippen LogP contribution in [0, 0.1) is 0 Å². The van der Waals surface area contributed by atoms with E-state index < -0.39 is 0 Å². The molecule has 0 radical (unpaired) electrons. The highest BCUT2D eigenvalue weighted by Crippen LogP contribution is 2.21. The molecule has 0 atom stereocenters. The number of fused-ring (bicyclic) bond motifs is 1. The second-order valence-corrected chi connectivity index (χ2v) is 4.40. The lowest BCUT2D eigenvalue weighted by Gasteiger charge is -2.07. The molecule has 2 N–H and O–H groups in total. The van der Waals surface area contributed by atoms with Gasteiger partial charge in [-0.05, 0) is 30.3 Å². The first-order valence-corrected chi connectivity index (χ1v) is 6.11. The Balaban J connectivity index is 1.97. The van der Waals surface area contributed by atoms with Crippen LogP contribution in [-0.2, 0) is 0 Å². The first-order chi connectivity index (χ1) is 9.25. The highest BCUT2D eigenvalue weighted by Gasteiger charge is 2.12.